The fourth-order valence-electron chi connectivity index (χ4n) is 3.94. The summed E-state index contributed by atoms with van der Waals surface area (Å²) >= 11 is 3.54. The van der Waals surface area contributed by atoms with Crippen molar-refractivity contribution in [2.75, 3.05) is 0 Å². The van der Waals surface area contributed by atoms with Gasteiger partial charge in [0.2, 0.25) is 0 Å². The minimum absolute atomic E-state index is 0. The summed E-state index contributed by atoms with van der Waals surface area (Å²) in [5.41, 5.74) is 5.43. The van der Waals surface area contributed by atoms with Gasteiger partial charge in [-0.1, -0.05) is 60.2 Å². The summed E-state index contributed by atoms with van der Waals surface area (Å²) in [6.07, 6.45) is 4.48. The van der Waals surface area contributed by atoms with E-state index in [0.717, 1.165) is 15.7 Å². The van der Waals surface area contributed by atoms with E-state index < -0.39 is 0 Å². The Hall–Kier alpha value is -1.02. The third-order valence-electron chi connectivity index (χ3n) is 5.73. The van der Waals surface area contributed by atoms with Crippen LogP contribution in [0.15, 0.2) is 47.1 Å². The zero-order valence-corrected chi connectivity index (χ0v) is 19.6. The average molecular weight is 586 g/mol. The molecule has 0 aliphatic heterocycles. The molecule has 3 aromatic rings. The summed E-state index contributed by atoms with van der Waals surface area (Å²) in [5.74, 6) is 0. The van der Waals surface area contributed by atoms with Crippen LogP contribution < -0.4 is 0 Å². The molecule has 0 amide bonds. The Morgan fingerprint density at radius 3 is 2.15 bits per heavy atom. The molecule has 1 aromatic heterocycles. The molecule has 0 saturated carbocycles. The second-order valence-electron chi connectivity index (χ2n) is 8.50. The summed E-state index contributed by atoms with van der Waals surface area (Å²) < 4.78 is 1.05. The van der Waals surface area contributed by atoms with Crippen LogP contribution in [0.5, 0.6) is 0 Å². The van der Waals surface area contributed by atoms with Gasteiger partial charge < -0.3 is 4.98 Å². The van der Waals surface area contributed by atoms with Crippen molar-refractivity contribution >= 4 is 26.7 Å². The van der Waals surface area contributed by atoms with E-state index in [0.29, 0.717) is 0 Å². The second-order valence-corrected chi connectivity index (χ2v) is 9.42. The summed E-state index contributed by atoms with van der Waals surface area (Å²) in [4.78, 5) is 4.70. The van der Waals surface area contributed by atoms with Gasteiger partial charge in [-0.05, 0) is 57.3 Å². The Labute approximate surface area is 178 Å². The van der Waals surface area contributed by atoms with E-state index in [-0.39, 0.29) is 30.9 Å². The Bertz CT molecular complexity index is 975. The molecule has 1 heterocycles. The molecule has 0 saturated heterocycles. The molecular weight excluding hydrogens is 562 g/mol. The van der Waals surface area contributed by atoms with Crippen molar-refractivity contribution in [3.63, 3.8) is 0 Å². The molecule has 0 N–H and O–H groups in total. The number of nitrogens with zero attached hydrogens (tertiary/aromatic N) is 1. The minimum atomic E-state index is 0. The first-order valence-electron chi connectivity index (χ1n) is 8.89. The maximum absolute atomic E-state index is 4.70. The molecule has 1 radical (unpaired) electrons. The summed E-state index contributed by atoms with van der Waals surface area (Å²) in [6.45, 7) is 9.48. The maximum Gasteiger partial charge on any atom is 0.0239 e. The molecule has 1 aliphatic carbocycles. The second kappa shape index (κ2) is 6.85. The predicted molar refractivity (Wildman–Crippen MR) is 109 cm³/mol. The molecule has 0 bridgehead atoms. The van der Waals surface area contributed by atoms with Crippen LogP contribution in [-0.2, 0) is 30.9 Å². The largest absolute Gasteiger partial charge is 0.304 e. The summed E-state index contributed by atoms with van der Waals surface area (Å²) in [6, 6.07) is 16.2. The first kappa shape index (κ1) is 19.7. The number of hydrogen-bond donors (Lipinski definition) is 0. The third-order valence-corrected chi connectivity index (χ3v) is 6.22. The van der Waals surface area contributed by atoms with Crippen molar-refractivity contribution in [2.24, 2.45) is 0 Å². The Balaban J connectivity index is 0.00000196. The van der Waals surface area contributed by atoms with Gasteiger partial charge in [-0.25, -0.2) is 0 Å². The van der Waals surface area contributed by atoms with Crippen molar-refractivity contribution in [3.8, 4) is 11.3 Å². The van der Waals surface area contributed by atoms with Gasteiger partial charge in [0, 0.05) is 26.3 Å². The smallest absolute Gasteiger partial charge is 0.0239 e. The van der Waals surface area contributed by atoms with E-state index in [1.165, 1.54) is 34.7 Å². The van der Waals surface area contributed by atoms with Crippen LogP contribution in [0.4, 0.5) is 0 Å². The fourth-order valence-corrected chi connectivity index (χ4v) is 4.30. The van der Waals surface area contributed by atoms with Crippen molar-refractivity contribution < 1.29 is 20.1 Å². The maximum atomic E-state index is 4.70. The van der Waals surface area contributed by atoms with Gasteiger partial charge in [-0.3, -0.25) is 0 Å². The van der Waals surface area contributed by atoms with Crippen molar-refractivity contribution in [3.05, 3.63) is 64.3 Å². The van der Waals surface area contributed by atoms with Gasteiger partial charge in [0.15, 0.2) is 0 Å². The van der Waals surface area contributed by atoms with E-state index >= 15 is 0 Å². The molecule has 1 aliphatic rings. The van der Waals surface area contributed by atoms with E-state index in [1.54, 1.807) is 0 Å². The number of fused-ring (bicyclic) bond motifs is 2. The van der Waals surface area contributed by atoms with Gasteiger partial charge in [-0.2, -0.15) is 0 Å². The molecule has 0 unspecified atom stereocenters. The topological polar surface area (TPSA) is 12.9 Å². The van der Waals surface area contributed by atoms with Gasteiger partial charge in [0.1, 0.15) is 0 Å². The van der Waals surface area contributed by atoms with Crippen molar-refractivity contribution in [1.82, 2.24) is 4.98 Å². The minimum Gasteiger partial charge on any atom is -0.304 e. The van der Waals surface area contributed by atoms with E-state index in [4.69, 9.17) is 4.98 Å². The Morgan fingerprint density at radius 2 is 1.54 bits per heavy atom. The third kappa shape index (κ3) is 3.42. The normalized spacial score (nSPS) is 17.4. The molecule has 2 aromatic carbocycles. The number of aromatic nitrogens is 1. The number of rotatable bonds is 1. The van der Waals surface area contributed by atoms with Crippen LogP contribution in [0.2, 0.25) is 0 Å². The predicted octanol–water partition coefficient (Wildman–Crippen LogP) is 6.81. The van der Waals surface area contributed by atoms with E-state index in [2.05, 4.69) is 74.0 Å². The number of benzene rings is 2. The van der Waals surface area contributed by atoms with E-state index in [1.807, 2.05) is 18.3 Å². The molecule has 0 atom stereocenters. The van der Waals surface area contributed by atoms with Crippen LogP contribution in [0.25, 0.3) is 22.0 Å². The van der Waals surface area contributed by atoms with Crippen LogP contribution >= 0.6 is 15.9 Å². The van der Waals surface area contributed by atoms with Gasteiger partial charge in [-0.15, -0.1) is 29.8 Å². The molecule has 1 nitrogen and oxygen atoms in total. The molecular formula is C23H23BrIrN-. The Kier molecular flexibility index (Phi) is 5.20. The molecule has 4 rings (SSSR count). The number of hydrogen-bond acceptors (Lipinski definition) is 1. The van der Waals surface area contributed by atoms with Crippen molar-refractivity contribution in [1.29, 1.82) is 0 Å². The molecule has 3 heteroatoms. The van der Waals surface area contributed by atoms with Gasteiger partial charge in [0.05, 0.1) is 0 Å². The first-order valence-corrected chi connectivity index (χ1v) is 9.68. The van der Waals surface area contributed by atoms with Gasteiger partial charge >= 0.3 is 0 Å². The summed E-state index contributed by atoms with van der Waals surface area (Å²) in [5, 5.41) is 2.49. The molecule has 0 spiro atoms. The van der Waals surface area contributed by atoms with Crippen LogP contribution in [0.1, 0.15) is 51.7 Å². The number of halogens is 1. The SMILES string of the molecule is CC1(C)CCC(C)(C)c2cc3cc(-c4[c-]ccc(Br)c4)ncc3cc21.[Ir]. The van der Waals surface area contributed by atoms with E-state index in [9.17, 15) is 0 Å². The molecule has 0 fully saturated rings. The summed E-state index contributed by atoms with van der Waals surface area (Å²) in [7, 11) is 0. The van der Waals surface area contributed by atoms with Crippen LogP contribution in [0, 0.1) is 6.07 Å². The zero-order chi connectivity index (χ0) is 17.8. The number of pyridine rings is 1. The average Bonchev–Trinajstić information content (AvgIpc) is 2.57. The van der Waals surface area contributed by atoms with Crippen LogP contribution in [0.3, 0.4) is 0 Å². The van der Waals surface area contributed by atoms with Gasteiger partial charge in [0.25, 0.3) is 0 Å². The van der Waals surface area contributed by atoms with Crippen molar-refractivity contribution in [2.45, 2.75) is 51.4 Å². The monoisotopic (exact) mass is 585 g/mol. The molecule has 26 heavy (non-hydrogen) atoms. The quantitative estimate of drug-likeness (QED) is 0.286. The fraction of sp³-hybridized carbons (Fsp3) is 0.348. The first-order chi connectivity index (χ1) is 11.8. The Morgan fingerprint density at radius 1 is 0.923 bits per heavy atom. The zero-order valence-electron chi connectivity index (χ0n) is 15.6. The van der Waals surface area contributed by atoms with Crippen LogP contribution in [-0.4, -0.2) is 4.98 Å². The molecule has 137 valence electrons. The standard InChI is InChI=1S/C23H23BrN.Ir/c1-22(2)8-9-23(3,4)20-12-17-14-25-21(13-16(17)11-19(20)22)15-6-5-7-18(24)10-15;/h5,7,10-14H,8-9H2,1-4H3;/q-1;.